The molecule has 0 radical (unpaired) electrons. The number of fused-ring (bicyclic) bond motifs is 1. The standard InChI is InChI=1S/C24H34N2O6S/c1-16-13-26(17(2)15-27)33(30,31)23-10-9-19(6-5-18(3)28)11-21(23)32-22(16)14-25(4)24(29)12-20-7-8-20/h9-11,16-18,20,22,27-28H,7-8,12-15H2,1-4H3/t16-,17+,18-,22-/m0/s1. The van der Waals surface area contributed by atoms with Gasteiger partial charge in [0.15, 0.2) is 0 Å². The third kappa shape index (κ3) is 6.27. The number of carbonyl (C=O) groups excluding carboxylic acids is 1. The molecule has 1 aromatic carbocycles. The summed E-state index contributed by atoms with van der Waals surface area (Å²) in [6.07, 6.45) is 1.42. The van der Waals surface area contributed by atoms with Gasteiger partial charge in [-0.1, -0.05) is 18.8 Å². The van der Waals surface area contributed by atoms with E-state index in [9.17, 15) is 23.4 Å². The highest BCUT2D eigenvalue weighted by molar-refractivity contribution is 7.89. The van der Waals surface area contributed by atoms with Crippen molar-refractivity contribution in [1.29, 1.82) is 0 Å². The van der Waals surface area contributed by atoms with E-state index in [-0.39, 0.29) is 35.6 Å². The first-order valence-electron chi connectivity index (χ1n) is 11.4. The average Bonchev–Trinajstić information content (AvgIpc) is 3.57. The van der Waals surface area contributed by atoms with E-state index in [0.717, 1.165) is 12.8 Å². The third-order valence-corrected chi connectivity index (χ3v) is 8.15. The van der Waals surface area contributed by atoms with Crippen LogP contribution in [0.4, 0.5) is 0 Å². The van der Waals surface area contributed by atoms with Crippen molar-refractivity contribution in [3.63, 3.8) is 0 Å². The lowest BCUT2D eigenvalue weighted by Gasteiger charge is -2.37. The smallest absolute Gasteiger partial charge is 0.247 e. The number of hydrogen-bond donors (Lipinski definition) is 2. The molecule has 1 aliphatic heterocycles. The summed E-state index contributed by atoms with van der Waals surface area (Å²) in [6, 6.07) is 3.96. The number of nitrogens with zero attached hydrogens (tertiary/aromatic N) is 2. The maximum atomic E-state index is 13.5. The quantitative estimate of drug-likeness (QED) is 0.600. The van der Waals surface area contributed by atoms with Crippen molar-refractivity contribution in [3.05, 3.63) is 23.8 Å². The molecule has 1 saturated carbocycles. The van der Waals surface area contributed by atoms with E-state index in [4.69, 9.17) is 4.74 Å². The van der Waals surface area contributed by atoms with Crippen LogP contribution >= 0.6 is 0 Å². The second kappa shape index (κ2) is 10.4. The molecule has 4 atom stereocenters. The zero-order valence-corrected chi connectivity index (χ0v) is 20.5. The summed E-state index contributed by atoms with van der Waals surface area (Å²) in [6.45, 7) is 5.25. The molecule has 1 amide bonds. The monoisotopic (exact) mass is 478 g/mol. The number of amides is 1. The zero-order chi connectivity index (χ0) is 24.3. The van der Waals surface area contributed by atoms with Gasteiger partial charge >= 0.3 is 0 Å². The second-order valence-electron chi connectivity index (χ2n) is 9.27. The molecule has 0 aromatic heterocycles. The zero-order valence-electron chi connectivity index (χ0n) is 19.7. The van der Waals surface area contributed by atoms with E-state index in [0.29, 0.717) is 24.4 Å². The average molecular weight is 479 g/mol. The number of benzene rings is 1. The van der Waals surface area contributed by atoms with E-state index >= 15 is 0 Å². The molecule has 2 aliphatic rings. The second-order valence-corrected chi connectivity index (χ2v) is 11.1. The molecule has 3 rings (SSSR count). The fourth-order valence-electron chi connectivity index (χ4n) is 3.81. The molecule has 0 bridgehead atoms. The summed E-state index contributed by atoms with van der Waals surface area (Å²) in [7, 11) is -2.19. The third-order valence-electron chi connectivity index (χ3n) is 6.13. The first-order valence-corrected chi connectivity index (χ1v) is 12.8. The maximum absolute atomic E-state index is 13.5. The fraction of sp³-hybridized carbons (Fsp3) is 0.625. The first kappa shape index (κ1) is 25.5. The summed E-state index contributed by atoms with van der Waals surface area (Å²) in [5, 5.41) is 19.2. The van der Waals surface area contributed by atoms with Gasteiger partial charge in [0, 0.05) is 37.5 Å². The number of ether oxygens (including phenoxy) is 1. The van der Waals surface area contributed by atoms with Crippen LogP contribution < -0.4 is 4.74 Å². The van der Waals surface area contributed by atoms with Crippen LogP contribution in [0.5, 0.6) is 5.75 Å². The number of hydrogen-bond acceptors (Lipinski definition) is 6. The van der Waals surface area contributed by atoms with E-state index in [2.05, 4.69) is 11.8 Å². The van der Waals surface area contributed by atoms with Crippen molar-refractivity contribution in [2.24, 2.45) is 11.8 Å². The van der Waals surface area contributed by atoms with Crippen LogP contribution in [-0.2, 0) is 14.8 Å². The lowest BCUT2D eigenvalue weighted by molar-refractivity contribution is -0.131. The van der Waals surface area contributed by atoms with E-state index in [1.807, 2.05) is 6.92 Å². The molecule has 0 spiro atoms. The highest BCUT2D eigenvalue weighted by Crippen LogP contribution is 2.35. The van der Waals surface area contributed by atoms with E-state index in [1.165, 1.54) is 10.4 Å². The number of rotatable bonds is 6. The predicted octanol–water partition coefficient (Wildman–Crippen LogP) is 1.45. The molecule has 33 heavy (non-hydrogen) atoms. The lowest BCUT2D eigenvalue weighted by atomic mass is 10.0. The largest absolute Gasteiger partial charge is 0.487 e. The Morgan fingerprint density at radius 1 is 1.33 bits per heavy atom. The number of carbonyl (C=O) groups is 1. The topological polar surface area (TPSA) is 107 Å². The molecular formula is C24H34N2O6S. The minimum atomic E-state index is -3.94. The Hall–Kier alpha value is -2.12. The molecule has 2 N–H and O–H groups in total. The maximum Gasteiger partial charge on any atom is 0.247 e. The Kier molecular flexibility index (Phi) is 8.06. The summed E-state index contributed by atoms with van der Waals surface area (Å²) in [4.78, 5) is 14.2. The van der Waals surface area contributed by atoms with Crippen LogP contribution in [0.3, 0.4) is 0 Å². The molecule has 1 aliphatic carbocycles. The van der Waals surface area contributed by atoms with Crippen LogP contribution in [0.25, 0.3) is 0 Å². The summed E-state index contributed by atoms with van der Waals surface area (Å²) in [5.74, 6) is 5.91. The normalized spacial score (nSPS) is 24.2. The van der Waals surface area contributed by atoms with Crippen LogP contribution in [0.1, 0.15) is 45.6 Å². The Morgan fingerprint density at radius 3 is 2.64 bits per heavy atom. The van der Waals surface area contributed by atoms with Crippen LogP contribution in [-0.4, -0.2) is 78.7 Å². The summed E-state index contributed by atoms with van der Waals surface area (Å²) < 4.78 is 34.5. The molecule has 182 valence electrons. The fourth-order valence-corrected chi connectivity index (χ4v) is 5.63. The SMILES string of the molecule is C[C@H](O)C#Cc1ccc2c(c1)O[C@@H](CN(C)C(=O)CC1CC1)[C@@H](C)CN([C@H](C)CO)S2(=O)=O. The molecular weight excluding hydrogens is 444 g/mol. The van der Waals surface area contributed by atoms with Gasteiger partial charge in [-0.25, -0.2) is 8.42 Å². The summed E-state index contributed by atoms with van der Waals surface area (Å²) >= 11 is 0. The Morgan fingerprint density at radius 2 is 2.03 bits per heavy atom. The van der Waals surface area contributed by atoms with Gasteiger partial charge in [-0.15, -0.1) is 0 Å². The Bertz CT molecular complexity index is 1030. The van der Waals surface area contributed by atoms with Gasteiger partial charge in [-0.2, -0.15) is 4.31 Å². The molecule has 1 heterocycles. The van der Waals surface area contributed by atoms with Crippen molar-refractivity contribution in [3.8, 4) is 17.6 Å². The lowest BCUT2D eigenvalue weighted by Crippen LogP contribution is -2.50. The number of sulfonamides is 1. The summed E-state index contributed by atoms with van der Waals surface area (Å²) in [5.41, 5.74) is 0.511. The van der Waals surface area contributed by atoms with Crippen molar-refractivity contribution in [1.82, 2.24) is 9.21 Å². The predicted molar refractivity (Wildman–Crippen MR) is 124 cm³/mol. The van der Waals surface area contributed by atoms with Gasteiger partial charge in [0.1, 0.15) is 22.9 Å². The molecule has 0 saturated heterocycles. The van der Waals surface area contributed by atoms with Crippen molar-refractivity contribution in [2.45, 2.75) is 63.2 Å². The minimum absolute atomic E-state index is 0.00532. The molecule has 8 nitrogen and oxygen atoms in total. The van der Waals surface area contributed by atoms with Crippen LogP contribution in [0, 0.1) is 23.7 Å². The van der Waals surface area contributed by atoms with Gasteiger partial charge in [0.05, 0.1) is 13.2 Å². The number of likely N-dealkylation sites (N-methyl/N-ethyl adjacent to an activating group) is 1. The highest BCUT2D eigenvalue weighted by atomic mass is 32.2. The van der Waals surface area contributed by atoms with Crippen molar-refractivity contribution >= 4 is 15.9 Å². The van der Waals surface area contributed by atoms with Crippen LogP contribution in [0.2, 0.25) is 0 Å². The van der Waals surface area contributed by atoms with Crippen molar-refractivity contribution < 1.29 is 28.2 Å². The van der Waals surface area contributed by atoms with Crippen LogP contribution in [0.15, 0.2) is 23.1 Å². The van der Waals surface area contributed by atoms with E-state index in [1.54, 1.807) is 37.9 Å². The highest BCUT2D eigenvalue weighted by Gasteiger charge is 2.38. The Balaban J connectivity index is 1.99. The molecule has 1 aromatic rings. The molecule has 0 unspecified atom stereocenters. The Labute approximate surface area is 196 Å². The molecule has 1 fully saturated rings. The van der Waals surface area contributed by atoms with Gasteiger partial charge in [0.25, 0.3) is 0 Å². The van der Waals surface area contributed by atoms with Gasteiger partial charge in [-0.05, 0) is 50.8 Å². The van der Waals surface area contributed by atoms with Gasteiger partial charge in [0.2, 0.25) is 15.9 Å². The van der Waals surface area contributed by atoms with Gasteiger partial charge in [-0.3, -0.25) is 4.79 Å². The number of aliphatic hydroxyl groups is 2. The first-order chi connectivity index (χ1) is 15.5. The molecule has 9 heteroatoms. The van der Waals surface area contributed by atoms with E-state index < -0.39 is 28.3 Å². The minimum Gasteiger partial charge on any atom is -0.487 e. The van der Waals surface area contributed by atoms with Gasteiger partial charge < -0.3 is 19.8 Å². The number of aliphatic hydroxyl groups excluding tert-OH is 2. The van der Waals surface area contributed by atoms with Crippen molar-refractivity contribution in [2.75, 3.05) is 26.7 Å².